The van der Waals surface area contributed by atoms with Crippen LogP contribution in [0.3, 0.4) is 0 Å². The average molecular weight is 325 g/mol. The summed E-state index contributed by atoms with van der Waals surface area (Å²) in [5, 5.41) is 3.66. The molecular formula is C16H25BrN2. The number of hydrogen-bond acceptors (Lipinski definition) is 2. The Bertz CT molecular complexity index is 399. The van der Waals surface area contributed by atoms with Gasteiger partial charge < -0.3 is 10.2 Å². The average Bonchev–Trinajstić information content (AvgIpc) is 2.35. The highest BCUT2D eigenvalue weighted by atomic mass is 79.9. The molecule has 0 spiro atoms. The molecule has 0 radical (unpaired) electrons. The molecule has 2 rings (SSSR count). The Morgan fingerprint density at radius 3 is 2.79 bits per heavy atom. The first-order chi connectivity index (χ1) is 9.10. The maximum atomic E-state index is 3.66. The molecule has 0 aliphatic carbocycles. The molecule has 1 fully saturated rings. The molecule has 19 heavy (non-hydrogen) atoms. The smallest absolute Gasteiger partial charge is 0.0382 e. The number of nitrogens with one attached hydrogen (secondary N) is 1. The van der Waals surface area contributed by atoms with Crippen molar-refractivity contribution in [2.75, 3.05) is 18.0 Å². The molecule has 1 saturated heterocycles. The lowest BCUT2D eigenvalue weighted by Crippen LogP contribution is -2.47. The van der Waals surface area contributed by atoms with Crippen LogP contribution in [-0.4, -0.2) is 25.2 Å². The molecular weight excluding hydrogens is 300 g/mol. The standard InChI is InChI=1S/C16H25BrN2/c1-4-6-18-15-5-7-19(13(3)10-15)16-9-12(2)8-14(17)11-16/h8-9,11,13,15,18H,4-7,10H2,1-3H3. The molecule has 2 unspecified atom stereocenters. The number of rotatable bonds is 4. The lowest BCUT2D eigenvalue weighted by atomic mass is 9.97. The summed E-state index contributed by atoms with van der Waals surface area (Å²) in [7, 11) is 0. The molecule has 2 nitrogen and oxygen atoms in total. The summed E-state index contributed by atoms with van der Waals surface area (Å²) in [6.07, 6.45) is 3.71. The van der Waals surface area contributed by atoms with Gasteiger partial charge in [-0.2, -0.15) is 0 Å². The number of anilines is 1. The van der Waals surface area contributed by atoms with Gasteiger partial charge in [-0.3, -0.25) is 0 Å². The zero-order valence-electron chi connectivity index (χ0n) is 12.2. The number of aryl methyl sites for hydroxylation is 1. The van der Waals surface area contributed by atoms with Crippen LogP contribution in [0.5, 0.6) is 0 Å². The molecule has 1 aromatic carbocycles. The van der Waals surface area contributed by atoms with Gasteiger partial charge in [-0.05, 0) is 63.4 Å². The van der Waals surface area contributed by atoms with Crippen LogP contribution < -0.4 is 10.2 Å². The van der Waals surface area contributed by atoms with Crippen LogP contribution >= 0.6 is 15.9 Å². The van der Waals surface area contributed by atoms with Gasteiger partial charge in [-0.1, -0.05) is 22.9 Å². The van der Waals surface area contributed by atoms with E-state index in [4.69, 9.17) is 0 Å². The molecule has 2 atom stereocenters. The van der Waals surface area contributed by atoms with Crippen molar-refractivity contribution in [3.63, 3.8) is 0 Å². The highest BCUT2D eigenvalue weighted by molar-refractivity contribution is 9.10. The number of piperidine rings is 1. The first kappa shape index (κ1) is 14.9. The molecule has 0 aromatic heterocycles. The minimum absolute atomic E-state index is 0.608. The lowest BCUT2D eigenvalue weighted by molar-refractivity contribution is 0.369. The molecule has 3 heteroatoms. The maximum absolute atomic E-state index is 3.66. The Hall–Kier alpha value is -0.540. The second-order valence-corrected chi connectivity index (χ2v) is 6.62. The minimum atomic E-state index is 0.608. The van der Waals surface area contributed by atoms with Gasteiger partial charge in [0.05, 0.1) is 0 Å². The minimum Gasteiger partial charge on any atom is -0.369 e. The Labute approximate surface area is 125 Å². The summed E-state index contributed by atoms with van der Waals surface area (Å²) in [5.41, 5.74) is 2.68. The highest BCUT2D eigenvalue weighted by Gasteiger charge is 2.25. The normalized spacial score (nSPS) is 23.7. The second kappa shape index (κ2) is 6.76. The van der Waals surface area contributed by atoms with Crippen LogP contribution in [0.15, 0.2) is 22.7 Å². The fourth-order valence-electron chi connectivity index (χ4n) is 2.97. The fourth-order valence-corrected chi connectivity index (χ4v) is 3.57. The molecule has 1 N–H and O–H groups in total. The van der Waals surface area contributed by atoms with Crippen molar-refractivity contribution in [2.24, 2.45) is 0 Å². The summed E-state index contributed by atoms with van der Waals surface area (Å²) >= 11 is 3.61. The number of hydrogen-bond donors (Lipinski definition) is 1. The lowest BCUT2D eigenvalue weighted by Gasteiger charge is -2.40. The van der Waals surface area contributed by atoms with Gasteiger partial charge in [-0.25, -0.2) is 0 Å². The van der Waals surface area contributed by atoms with E-state index in [1.165, 1.54) is 35.0 Å². The largest absolute Gasteiger partial charge is 0.369 e. The van der Waals surface area contributed by atoms with Crippen LogP contribution in [0, 0.1) is 6.92 Å². The van der Waals surface area contributed by atoms with Gasteiger partial charge in [0.25, 0.3) is 0 Å². The number of nitrogens with zero attached hydrogens (tertiary/aromatic N) is 1. The summed E-state index contributed by atoms with van der Waals surface area (Å²) in [6, 6.07) is 8.00. The van der Waals surface area contributed by atoms with E-state index < -0.39 is 0 Å². The van der Waals surface area contributed by atoms with E-state index in [2.05, 4.69) is 65.1 Å². The van der Waals surface area contributed by atoms with E-state index in [9.17, 15) is 0 Å². The summed E-state index contributed by atoms with van der Waals surface area (Å²) in [5.74, 6) is 0. The second-order valence-electron chi connectivity index (χ2n) is 5.70. The molecule has 0 bridgehead atoms. The zero-order chi connectivity index (χ0) is 13.8. The first-order valence-corrected chi connectivity index (χ1v) is 8.16. The molecule has 1 aliphatic rings. The van der Waals surface area contributed by atoms with Crippen molar-refractivity contribution >= 4 is 21.6 Å². The van der Waals surface area contributed by atoms with Crippen molar-refractivity contribution in [1.82, 2.24) is 5.32 Å². The Kier molecular flexibility index (Phi) is 5.28. The molecule has 1 heterocycles. The Balaban J connectivity index is 2.02. The zero-order valence-corrected chi connectivity index (χ0v) is 13.8. The SMILES string of the molecule is CCCNC1CCN(c2cc(C)cc(Br)c2)C(C)C1. The van der Waals surface area contributed by atoms with Gasteiger partial charge in [0.15, 0.2) is 0 Å². The van der Waals surface area contributed by atoms with Crippen LogP contribution in [-0.2, 0) is 0 Å². The van der Waals surface area contributed by atoms with Crippen LogP contribution in [0.2, 0.25) is 0 Å². The van der Waals surface area contributed by atoms with Gasteiger partial charge >= 0.3 is 0 Å². The Morgan fingerprint density at radius 2 is 2.16 bits per heavy atom. The van der Waals surface area contributed by atoms with Crippen molar-refractivity contribution in [3.05, 3.63) is 28.2 Å². The quantitative estimate of drug-likeness (QED) is 0.896. The molecule has 106 valence electrons. The summed E-state index contributed by atoms with van der Waals surface area (Å²) in [4.78, 5) is 2.54. The van der Waals surface area contributed by atoms with Gasteiger partial charge in [0, 0.05) is 28.8 Å². The molecule has 0 amide bonds. The number of halogens is 1. The predicted octanol–water partition coefficient (Wildman–Crippen LogP) is 4.11. The van der Waals surface area contributed by atoms with Gasteiger partial charge in [0.2, 0.25) is 0 Å². The van der Waals surface area contributed by atoms with E-state index >= 15 is 0 Å². The summed E-state index contributed by atoms with van der Waals surface area (Å²) in [6.45, 7) is 9.03. The third-order valence-electron chi connectivity index (χ3n) is 3.92. The molecule has 1 aromatic rings. The van der Waals surface area contributed by atoms with Crippen LogP contribution in [0.25, 0.3) is 0 Å². The number of benzene rings is 1. The van der Waals surface area contributed by atoms with Crippen LogP contribution in [0.4, 0.5) is 5.69 Å². The topological polar surface area (TPSA) is 15.3 Å². The van der Waals surface area contributed by atoms with E-state index in [-0.39, 0.29) is 0 Å². The summed E-state index contributed by atoms with van der Waals surface area (Å²) < 4.78 is 1.18. The van der Waals surface area contributed by atoms with Crippen molar-refractivity contribution < 1.29 is 0 Å². The maximum Gasteiger partial charge on any atom is 0.0382 e. The monoisotopic (exact) mass is 324 g/mol. The van der Waals surface area contributed by atoms with E-state index in [1.54, 1.807) is 0 Å². The van der Waals surface area contributed by atoms with Crippen LogP contribution in [0.1, 0.15) is 38.7 Å². The van der Waals surface area contributed by atoms with Gasteiger partial charge in [-0.15, -0.1) is 0 Å². The molecule has 0 saturated carbocycles. The van der Waals surface area contributed by atoms with Crippen molar-refractivity contribution in [1.29, 1.82) is 0 Å². The third-order valence-corrected chi connectivity index (χ3v) is 4.38. The highest BCUT2D eigenvalue weighted by Crippen LogP contribution is 2.28. The molecule has 1 aliphatic heterocycles. The van der Waals surface area contributed by atoms with E-state index in [0.717, 1.165) is 13.1 Å². The van der Waals surface area contributed by atoms with E-state index in [0.29, 0.717) is 12.1 Å². The third kappa shape index (κ3) is 3.96. The predicted molar refractivity (Wildman–Crippen MR) is 87.0 cm³/mol. The fraction of sp³-hybridized carbons (Fsp3) is 0.625. The van der Waals surface area contributed by atoms with Crippen molar-refractivity contribution in [3.8, 4) is 0 Å². The van der Waals surface area contributed by atoms with Gasteiger partial charge in [0.1, 0.15) is 0 Å². The Morgan fingerprint density at radius 1 is 1.37 bits per heavy atom. The first-order valence-electron chi connectivity index (χ1n) is 7.37. The van der Waals surface area contributed by atoms with Crippen molar-refractivity contribution in [2.45, 2.75) is 52.1 Å². The van der Waals surface area contributed by atoms with E-state index in [1.807, 2.05) is 0 Å².